The number of benzene rings is 2. The van der Waals surface area contributed by atoms with Crippen LogP contribution < -0.4 is 4.90 Å². The van der Waals surface area contributed by atoms with Gasteiger partial charge in [0.25, 0.3) is 5.91 Å². The van der Waals surface area contributed by atoms with Crippen molar-refractivity contribution < 1.29 is 4.79 Å². The number of anilines is 1. The SMILES string of the molecule is CN1CCN(C(=O)c2cc3ccccc3s2)Cc2ccccc21. The van der Waals surface area contributed by atoms with Gasteiger partial charge in [0, 0.05) is 37.1 Å². The van der Waals surface area contributed by atoms with Gasteiger partial charge in [0.1, 0.15) is 0 Å². The fourth-order valence-electron chi connectivity index (χ4n) is 3.11. The van der Waals surface area contributed by atoms with Crippen molar-refractivity contribution in [1.29, 1.82) is 0 Å². The van der Waals surface area contributed by atoms with E-state index in [1.807, 2.05) is 29.2 Å². The predicted octanol–water partition coefficient (Wildman–Crippen LogP) is 3.99. The minimum Gasteiger partial charge on any atom is -0.373 e. The number of hydrogen-bond donors (Lipinski definition) is 0. The molecule has 4 rings (SSSR count). The molecule has 1 amide bonds. The lowest BCUT2D eigenvalue weighted by atomic mass is 10.1. The van der Waals surface area contributed by atoms with Crippen LogP contribution in [0.15, 0.2) is 54.6 Å². The van der Waals surface area contributed by atoms with Gasteiger partial charge in [-0.1, -0.05) is 36.4 Å². The normalized spacial score (nSPS) is 14.7. The third-order valence-corrected chi connectivity index (χ3v) is 5.50. The number of rotatable bonds is 1. The molecular weight excluding hydrogens is 304 g/mol. The van der Waals surface area contributed by atoms with Crippen molar-refractivity contribution >= 4 is 33.0 Å². The maximum Gasteiger partial charge on any atom is 0.264 e. The minimum atomic E-state index is 0.135. The van der Waals surface area contributed by atoms with Gasteiger partial charge in [-0.3, -0.25) is 4.79 Å². The summed E-state index contributed by atoms with van der Waals surface area (Å²) in [6.07, 6.45) is 0. The molecule has 0 fully saturated rings. The van der Waals surface area contributed by atoms with Gasteiger partial charge < -0.3 is 9.80 Å². The van der Waals surface area contributed by atoms with Crippen molar-refractivity contribution in [2.45, 2.75) is 6.54 Å². The summed E-state index contributed by atoms with van der Waals surface area (Å²) in [6.45, 7) is 2.28. The summed E-state index contributed by atoms with van der Waals surface area (Å²) in [5.41, 5.74) is 2.43. The largest absolute Gasteiger partial charge is 0.373 e. The third kappa shape index (κ3) is 2.59. The maximum atomic E-state index is 13.0. The molecule has 23 heavy (non-hydrogen) atoms. The molecule has 0 saturated carbocycles. The predicted molar refractivity (Wildman–Crippen MR) is 96.3 cm³/mol. The monoisotopic (exact) mass is 322 g/mol. The molecule has 0 unspecified atom stereocenters. The van der Waals surface area contributed by atoms with Crippen LogP contribution >= 0.6 is 11.3 Å². The van der Waals surface area contributed by atoms with Crippen molar-refractivity contribution in [3.8, 4) is 0 Å². The van der Waals surface area contributed by atoms with E-state index >= 15 is 0 Å². The van der Waals surface area contributed by atoms with E-state index in [2.05, 4.69) is 42.3 Å². The van der Waals surface area contributed by atoms with E-state index in [1.165, 1.54) is 16.0 Å². The van der Waals surface area contributed by atoms with Gasteiger partial charge in [-0.2, -0.15) is 0 Å². The second-order valence-corrected chi connectivity index (χ2v) is 7.01. The van der Waals surface area contributed by atoms with Gasteiger partial charge >= 0.3 is 0 Å². The van der Waals surface area contributed by atoms with Gasteiger partial charge in [-0.25, -0.2) is 0 Å². The highest BCUT2D eigenvalue weighted by molar-refractivity contribution is 7.20. The number of amides is 1. The van der Waals surface area contributed by atoms with Crippen LogP contribution in [-0.4, -0.2) is 30.9 Å². The van der Waals surface area contributed by atoms with E-state index in [1.54, 1.807) is 11.3 Å². The molecule has 0 N–H and O–H groups in total. The topological polar surface area (TPSA) is 23.6 Å². The first kappa shape index (κ1) is 14.3. The van der Waals surface area contributed by atoms with Crippen molar-refractivity contribution in [2.75, 3.05) is 25.0 Å². The average molecular weight is 322 g/mol. The Labute approximate surface area is 139 Å². The Morgan fingerprint density at radius 2 is 1.83 bits per heavy atom. The summed E-state index contributed by atoms with van der Waals surface area (Å²) < 4.78 is 1.17. The molecule has 0 saturated heterocycles. The van der Waals surface area contributed by atoms with Crippen molar-refractivity contribution in [3.63, 3.8) is 0 Å². The zero-order valence-corrected chi connectivity index (χ0v) is 13.8. The number of thiophene rings is 1. The van der Waals surface area contributed by atoms with Crippen LogP contribution in [0.2, 0.25) is 0 Å². The molecule has 2 aromatic carbocycles. The number of likely N-dealkylation sites (N-methyl/N-ethyl adjacent to an activating group) is 1. The minimum absolute atomic E-state index is 0.135. The lowest BCUT2D eigenvalue weighted by Gasteiger charge is -2.20. The molecule has 3 aromatic rings. The Morgan fingerprint density at radius 1 is 1.04 bits per heavy atom. The third-order valence-electron chi connectivity index (χ3n) is 4.39. The molecule has 0 bridgehead atoms. The zero-order valence-electron chi connectivity index (χ0n) is 13.0. The molecule has 0 radical (unpaired) electrons. The Balaban J connectivity index is 1.66. The standard InChI is InChI=1S/C19H18N2OS/c1-20-10-11-21(13-15-7-2-4-8-16(15)20)19(22)18-12-14-6-3-5-9-17(14)23-18/h2-9,12H,10-11,13H2,1H3. The van der Waals surface area contributed by atoms with Gasteiger partial charge in [0.2, 0.25) is 0 Å². The Bertz CT molecular complexity index is 837. The van der Waals surface area contributed by atoms with Gasteiger partial charge in [0.05, 0.1) is 4.88 Å². The molecule has 0 spiro atoms. The highest BCUT2D eigenvalue weighted by Gasteiger charge is 2.23. The highest BCUT2D eigenvalue weighted by atomic mass is 32.1. The summed E-state index contributed by atoms with van der Waals surface area (Å²) >= 11 is 1.58. The number of nitrogens with zero attached hydrogens (tertiary/aromatic N) is 2. The number of carbonyl (C=O) groups is 1. The second kappa shape index (κ2) is 5.70. The lowest BCUT2D eigenvalue weighted by molar-refractivity contribution is 0.0756. The number of para-hydroxylation sites is 1. The molecule has 4 heteroatoms. The molecule has 0 aliphatic carbocycles. The van der Waals surface area contributed by atoms with Crippen LogP contribution in [0.1, 0.15) is 15.2 Å². The lowest BCUT2D eigenvalue weighted by Crippen LogP contribution is -2.33. The zero-order chi connectivity index (χ0) is 15.8. The Hall–Kier alpha value is -2.33. The van der Waals surface area contributed by atoms with E-state index in [0.29, 0.717) is 6.54 Å². The molecule has 3 nitrogen and oxygen atoms in total. The molecule has 1 aromatic heterocycles. The number of carbonyl (C=O) groups excluding carboxylic acids is 1. The molecule has 116 valence electrons. The van der Waals surface area contributed by atoms with Crippen molar-refractivity contribution in [1.82, 2.24) is 4.90 Å². The van der Waals surface area contributed by atoms with Crippen LogP contribution in [0.3, 0.4) is 0 Å². The van der Waals surface area contributed by atoms with Crippen LogP contribution in [0.25, 0.3) is 10.1 Å². The number of fused-ring (bicyclic) bond motifs is 2. The van der Waals surface area contributed by atoms with Crippen molar-refractivity contribution in [2.24, 2.45) is 0 Å². The number of hydrogen-bond acceptors (Lipinski definition) is 3. The van der Waals surface area contributed by atoms with Crippen LogP contribution in [0.4, 0.5) is 5.69 Å². The quantitative estimate of drug-likeness (QED) is 0.676. The van der Waals surface area contributed by atoms with E-state index in [-0.39, 0.29) is 5.91 Å². The fraction of sp³-hybridized carbons (Fsp3) is 0.211. The van der Waals surface area contributed by atoms with E-state index in [9.17, 15) is 4.79 Å². The summed E-state index contributed by atoms with van der Waals surface area (Å²) in [4.78, 5) is 18.0. The first-order valence-corrected chi connectivity index (χ1v) is 8.61. The first-order valence-electron chi connectivity index (χ1n) is 7.79. The van der Waals surface area contributed by atoms with Crippen LogP contribution in [0.5, 0.6) is 0 Å². The first-order chi connectivity index (χ1) is 11.2. The molecule has 1 aliphatic heterocycles. The second-order valence-electron chi connectivity index (χ2n) is 5.93. The summed E-state index contributed by atoms with van der Waals surface area (Å²) in [5, 5.41) is 1.15. The highest BCUT2D eigenvalue weighted by Crippen LogP contribution is 2.29. The molecular formula is C19H18N2OS. The Morgan fingerprint density at radius 3 is 2.70 bits per heavy atom. The molecule has 1 aliphatic rings. The summed E-state index contributed by atoms with van der Waals surface area (Å²) in [7, 11) is 2.09. The summed E-state index contributed by atoms with van der Waals surface area (Å²) in [6, 6.07) is 18.5. The van der Waals surface area contributed by atoms with E-state index < -0.39 is 0 Å². The molecule has 0 atom stereocenters. The van der Waals surface area contributed by atoms with Gasteiger partial charge in [-0.15, -0.1) is 11.3 Å². The van der Waals surface area contributed by atoms with E-state index in [4.69, 9.17) is 0 Å². The van der Waals surface area contributed by atoms with Gasteiger partial charge in [-0.05, 0) is 29.1 Å². The molecule has 2 heterocycles. The van der Waals surface area contributed by atoms with Gasteiger partial charge in [0.15, 0.2) is 0 Å². The maximum absolute atomic E-state index is 13.0. The van der Waals surface area contributed by atoms with Crippen LogP contribution in [0, 0.1) is 0 Å². The van der Waals surface area contributed by atoms with Crippen molar-refractivity contribution in [3.05, 3.63) is 65.0 Å². The Kier molecular flexibility index (Phi) is 3.54. The smallest absolute Gasteiger partial charge is 0.264 e. The van der Waals surface area contributed by atoms with E-state index in [0.717, 1.165) is 23.4 Å². The fourth-order valence-corrected chi connectivity index (χ4v) is 4.14. The average Bonchev–Trinajstić information content (AvgIpc) is 2.94. The van der Waals surface area contributed by atoms with Crippen LogP contribution in [-0.2, 0) is 6.54 Å². The summed E-state index contributed by atoms with van der Waals surface area (Å²) in [5.74, 6) is 0.135.